The first-order chi connectivity index (χ1) is 14.8. The molecule has 0 aliphatic carbocycles. The normalized spacial score (nSPS) is 16.0. The lowest BCUT2D eigenvalue weighted by molar-refractivity contribution is 0.180. The number of hydrogen-bond acceptors (Lipinski definition) is 8. The molecule has 0 atom stereocenters. The van der Waals surface area contributed by atoms with Gasteiger partial charge in [-0.2, -0.15) is 4.31 Å². The van der Waals surface area contributed by atoms with Gasteiger partial charge in [0.05, 0.1) is 5.69 Å². The van der Waals surface area contributed by atoms with E-state index >= 15 is 0 Å². The Bertz CT molecular complexity index is 1120. The fourth-order valence-electron chi connectivity index (χ4n) is 3.49. The first kappa shape index (κ1) is 21.9. The number of ether oxygens (including phenoxy) is 1. The van der Waals surface area contributed by atoms with Gasteiger partial charge in [-0.25, -0.2) is 17.8 Å². The third-order valence-corrected chi connectivity index (χ3v) is 8.07. The maximum Gasteiger partial charge on any atom is 0.248 e. The third-order valence-electron chi connectivity index (χ3n) is 5.06. The summed E-state index contributed by atoms with van der Waals surface area (Å²) < 4.78 is 51.0. The first-order valence-corrected chi connectivity index (χ1v) is 12.1. The fourth-order valence-corrected chi connectivity index (χ4v) is 5.90. The van der Waals surface area contributed by atoms with Crippen molar-refractivity contribution >= 4 is 21.4 Å². The van der Waals surface area contributed by atoms with Gasteiger partial charge < -0.3 is 9.26 Å². The molecule has 8 nitrogen and oxygen atoms in total. The molecule has 0 unspecified atom stereocenters. The minimum Gasteiger partial charge on any atom is -0.486 e. The lowest BCUT2D eigenvalue weighted by atomic mass is 10.3. The van der Waals surface area contributed by atoms with Gasteiger partial charge in [0.25, 0.3) is 0 Å². The summed E-state index contributed by atoms with van der Waals surface area (Å²) in [6, 6.07) is 5.88. The first-order valence-electron chi connectivity index (χ1n) is 9.80. The summed E-state index contributed by atoms with van der Waals surface area (Å²) in [4.78, 5) is 6.95. The van der Waals surface area contributed by atoms with Crippen LogP contribution in [0, 0.1) is 19.7 Å². The Morgan fingerprint density at radius 1 is 1.16 bits per heavy atom. The van der Waals surface area contributed by atoms with Crippen LogP contribution in [0.25, 0.3) is 0 Å². The minimum absolute atomic E-state index is 0.172. The molecule has 0 saturated carbocycles. The highest BCUT2D eigenvalue weighted by Gasteiger charge is 2.33. The Labute approximate surface area is 184 Å². The van der Waals surface area contributed by atoms with Crippen LogP contribution in [-0.4, -0.2) is 53.9 Å². The summed E-state index contributed by atoms with van der Waals surface area (Å²) in [5.41, 5.74) is 1.31. The van der Waals surface area contributed by atoms with Gasteiger partial charge in [0.2, 0.25) is 10.0 Å². The number of hydrogen-bond donors (Lipinski definition) is 0. The second-order valence-corrected chi connectivity index (χ2v) is 10.1. The highest BCUT2D eigenvalue weighted by atomic mass is 32.2. The number of piperazine rings is 1. The van der Waals surface area contributed by atoms with Gasteiger partial charge in [0.1, 0.15) is 33.8 Å². The van der Waals surface area contributed by atoms with Gasteiger partial charge in [0, 0.05) is 38.1 Å². The molecule has 1 fully saturated rings. The van der Waals surface area contributed by atoms with Crippen molar-refractivity contribution in [1.29, 1.82) is 0 Å². The van der Waals surface area contributed by atoms with Crippen LogP contribution in [0.3, 0.4) is 0 Å². The predicted octanol–water partition coefficient (Wildman–Crippen LogP) is 2.97. The van der Waals surface area contributed by atoms with Crippen molar-refractivity contribution in [3.05, 3.63) is 57.6 Å². The Balaban J connectivity index is 1.30. The van der Waals surface area contributed by atoms with E-state index in [-0.39, 0.29) is 10.7 Å². The van der Waals surface area contributed by atoms with Gasteiger partial charge in [-0.15, -0.1) is 11.3 Å². The van der Waals surface area contributed by atoms with E-state index in [0.717, 1.165) is 10.7 Å². The van der Waals surface area contributed by atoms with E-state index < -0.39 is 10.0 Å². The monoisotopic (exact) mass is 466 g/mol. The molecule has 2 aromatic heterocycles. The van der Waals surface area contributed by atoms with Crippen molar-refractivity contribution in [2.24, 2.45) is 0 Å². The molecule has 4 rings (SSSR count). The van der Waals surface area contributed by atoms with E-state index in [9.17, 15) is 12.8 Å². The molecule has 31 heavy (non-hydrogen) atoms. The fraction of sp³-hybridized carbons (Fsp3) is 0.400. The van der Waals surface area contributed by atoms with Crippen molar-refractivity contribution in [2.45, 2.75) is 31.9 Å². The zero-order valence-corrected chi connectivity index (χ0v) is 18.9. The summed E-state index contributed by atoms with van der Waals surface area (Å²) in [7, 11) is -3.61. The van der Waals surface area contributed by atoms with E-state index in [0.29, 0.717) is 56.5 Å². The molecule has 11 heteroatoms. The standard InChI is InChI=1S/C20H23FN4O4S2/c1-14-20(15(2)29-23-14)31(26,27)25-9-7-24(8-10-25)11-17-13-30-19(22-17)12-28-18-5-3-16(21)4-6-18/h3-6,13H,7-12H2,1-2H3. The molecule has 0 N–H and O–H groups in total. The van der Waals surface area contributed by atoms with Crippen LogP contribution in [0.1, 0.15) is 22.2 Å². The molecule has 0 amide bonds. The zero-order valence-electron chi connectivity index (χ0n) is 17.2. The minimum atomic E-state index is -3.61. The predicted molar refractivity (Wildman–Crippen MR) is 113 cm³/mol. The SMILES string of the molecule is Cc1noc(C)c1S(=O)(=O)N1CCN(Cc2csc(COc3ccc(F)cc3)n2)CC1. The summed E-state index contributed by atoms with van der Waals surface area (Å²) in [6.07, 6.45) is 0. The summed E-state index contributed by atoms with van der Waals surface area (Å²) in [6.45, 7) is 6.24. The highest BCUT2D eigenvalue weighted by Crippen LogP contribution is 2.24. The van der Waals surface area contributed by atoms with E-state index in [4.69, 9.17) is 9.26 Å². The Hall–Kier alpha value is -2.34. The molecule has 3 heterocycles. The van der Waals surface area contributed by atoms with E-state index in [1.54, 1.807) is 26.0 Å². The highest BCUT2D eigenvalue weighted by molar-refractivity contribution is 7.89. The molecule has 166 valence electrons. The van der Waals surface area contributed by atoms with Crippen molar-refractivity contribution in [3.8, 4) is 5.75 Å². The topological polar surface area (TPSA) is 88.8 Å². The molecule has 1 aliphatic heterocycles. The number of aromatic nitrogens is 2. The molecule has 0 spiro atoms. The van der Waals surface area contributed by atoms with Crippen LogP contribution < -0.4 is 4.74 Å². The number of halogens is 1. The van der Waals surface area contributed by atoms with E-state index in [2.05, 4.69) is 15.0 Å². The molecule has 1 aliphatic rings. The van der Waals surface area contributed by atoms with Crippen LogP contribution in [0.15, 0.2) is 39.1 Å². The van der Waals surface area contributed by atoms with Crippen molar-refractivity contribution < 1.29 is 22.1 Å². The lowest BCUT2D eigenvalue weighted by Gasteiger charge is -2.33. The number of benzene rings is 1. The van der Waals surface area contributed by atoms with E-state index in [1.807, 2.05) is 5.38 Å². The van der Waals surface area contributed by atoms with Crippen LogP contribution in [-0.2, 0) is 23.2 Å². The Morgan fingerprint density at radius 2 is 1.87 bits per heavy atom. The molecule has 1 saturated heterocycles. The number of nitrogens with zero attached hydrogens (tertiary/aromatic N) is 4. The molecular formula is C20H23FN4O4S2. The second kappa shape index (κ2) is 9.03. The van der Waals surface area contributed by atoms with Gasteiger partial charge in [-0.3, -0.25) is 4.90 Å². The van der Waals surface area contributed by atoms with Gasteiger partial charge in [0.15, 0.2) is 5.76 Å². The quantitative estimate of drug-likeness (QED) is 0.529. The van der Waals surface area contributed by atoms with Crippen LogP contribution in [0.5, 0.6) is 5.75 Å². The largest absolute Gasteiger partial charge is 0.486 e. The van der Waals surface area contributed by atoms with E-state index in [1.165, 1.54) is 27.8 Å². The lowest BCUT2D eigenvalue weighted by Crippen LogP contribution is -2.48. The molecule has 1 aromatic carbocycles. The maximum absolute atomic E-state index is 13.0. The maximum atomic E-state index is 13.0. The summed E-state index contributed by atoms with van der Waals surface area (Å²) in [5, 5.41) is 6.58. The molecule has 0 bridgehead atoms. The Kier molecular flexibility index (Phi) is 6.37. The third kappa shape index (κ3) is 4.95. The number of sulfonamides is 1. The zero-order chi connectivity index (χ0) is 22.0. The molecule has 0 radical (unpaired) electrons. The average Bonchev–Trinajstić information content (AvgIpc) is 3.34. The Morgan fingerprint density at radius 3 is 2.52 bits per heavy atom. The number of aryl methyl sites for hydroxylation is 2. The van der Waals surface area contributed by atoms with Gasteiger partial charge in [-0.1, -0.05) is 5.16 Å². The summed E-state index contributed by atoms with van der Waals surface area (Å²) >= 11 is 1.51. The van der Waals surface area contributed by atoms with Crippen LogP contribution in [0.2, 0.25) is 0 Å². The van der Waals surface area contributed by atoms with Crippen LogP contribution in [0.4, 0.5) is 4.39 Å². The summed E-state index contributed by atoms with van der Waals surface area (Å²) in [5.74, 6) is 0.607. The average molecular weight is 467 g/mol. The van der Waals surface area contributed by atoms with Crippen LogP contribution >= 0.6 is 11.3 Å². The van der Waals surface area contributed by atoms with Crippen molar-refractivity contribution in [1.82, 2.24) is 19.3 Å². The second-order valence-electron chi connectivity index (χ2n) is 7.31. The van der Waals surface area contributed by atoms with Crippen molar-refractivity contribution in [3.63, 3.8) is 0 Å². The smallest absolute Gasteiger partial charge is 0.248 e. The van der Waals surface area contributed by atoms with Gasteiger partial charge >= 0.3 is 0 Å². The molecular weight excluding hydrogens is 443 g/mol. The van der Waals surface area contributed by atoms with Crippen molar-refractivity contribution in [2.75, 3.05) is 26.2 Å². The number of rotatable bonds is 7. The number of thiazole rings is 1. The molecule has 3 aromatic rings. The van der Waals surface area contributed by atoms with Gasteiger partial charge in [-0.05, 0) is 38.1 Å².